The van der Waals surface area contributed by atoms with E-state index in [1.54, 1.807) is 24.3 Å². The maximum atomic E-state index is 14.3. The fraction of sp³-hybridized carbons (Fsp3) is 0.0625. The highest BCUT2D eigenvalue weighted by molar-refractivity contribution is 6.31. The number of carbonyl (C=O) groups excluding carboxylic acids is 1. The Morgan fingerprint density at radius 1 is 1.00 bits per heavy atom. The zero-order chi connectivity index (χ0) is 16.6. The zero-order valence-electron chi connectivity index (χ0n) is 11.6. The average Bonchev–Trinajstić information content (AvgIpc) is 2.82. The minimum atomic E-state index is -4.70. The third kappa shape index (κ3) is 2.77. The standard InChI is InChI=1S/C16H10F4N2O/c17-16(18,19)12-6-2-4-8-14(12)22(20)9-11-10-5-1-3-7-13(10)21-15(11)23/h1-9H,(H,21,23). The molecule has 2 aromatic rings. The predicted octanol–water partition coefficient (Wildman–Crippen LogP) is 4.39. The van der Waals surface area contributed by atoms with Crippen LogP contribution in [0.25, 0.3) is 5.57 Å². The van der Waals surface area contributed by atoms with Crippen LogP contribution in [0.1, 0.15) is 11.1 Å². The van der Waals surface area contributed by atoms with E-state index < -0.39 is 23.3 Å². The van der Waals surface area contributed by atoms with E-state index in [-0.39, 0.29) is 10.7 Å². The minimum Gasteiger partial charge on any atom is -0.321 e. The van der Waals surface area contributed by atoms with Crippen molar-refractivity contribution in [2.75, 3.05) is 10.4 Å². The molecule has 0 atom stereocenters. The highest BCUT2D eigenvalue weighted by Gasteiger charge is 2.35. The van der Waals surface area contributed by atoms with Gasteiger partial charge in [0.1, 0.15) is 0 Å². The summed E-state index contributed by atoms with van der Waals surface area (Å²) in [5.74, 6) is -0.571. The first-order valence-electron chi connectivity index (χ1n) is 6.62. The summed E-state index contributed by atoms with van der Waals surface area (Å²) in [6.45, 7) is 0. The summed E-state index contributed by atoms with van der Waals surface area (Å²) >= 11 is 0. The van der Waals surface area contributed by atoms with Crippen LogP contribution in [0, 0.1) is 0 Å². The topological polar surface area (TPSA) is 32.3 Å². The van der Waals surface area contributed by atoms with Crippen LogP contribution in [-0.4, -0.2) is 5.91 Å². The molecule has 7 heteroatoms. The summed E-state index contributed by atoms with van der Waals surface area (Å²) in [5.41, 5.74) is -0.915. The number of fused-ring (bicyclic) bond motifs is 1. The van der Waals surface area contributed by atoms with E-state index in [9.17, 15) is 22.4 Å². The van der Waals surface area contributed by atoms with Gasteiger partial charge in [-0.1, -0.05) is 34.8 Å². The molecule has 0 radical (unpaired) electrons. The molecule has 118 valence electrons. The summed E-state index contributed by atoms with van der Waals surface area (Å²) in [4.78, 5) is 11.9. The second-order valence-corrected chi connectivity index (χ2v) is 4.87. The van der Waals surface area contributed by atoms with Crippen molar-refractivity contribution in [3.63, 3.8) is 0 Å². The molecule has 1 amide bonds. The van der Waals surface area contributed by atoms with Gasteiger partial charge in [0.25, 0.3) is 5.91 Å². The number of hydrogen-bond donors (Lipinski definition) is 1. The molecule has 1 aliphatic rings. The first kappa shape index (κ1) is 15.1. The van der Waals surface area contributed by atoms with Gasteiger partial charge in [-0.25, -0.2) is 0 Å². The molecule has 0 saturated heterocycles. The monoisotopic (exact) mass is 322 g/mol. The SMILES string of the molecule is O=C1Nc2ccccc2C1=CN(F)c1ccccc1C(F)(F)F. The maximum Gasteiger partial charge on any atom is 0.418 e. The van der Waals surface area contributed by atoms with Crippen LogP contribution in [0.4, 0.5) is 29.0 Å². The van der Waals surface area contributed by atoms with Crippen molar-refractivity contribution < 1.29 is 22.4 Å². The van der Waals surface area contributed by atoms with Gasteiger partial charge in [0.15, 0.2) is 0 Å². The number of para-hydroxylation sites is 2. The van der Waals surface area contributed by atoms with Gasteiger partial charge in [-0.3, -0.25) is 4.79 Å². The van der Waals surface area contributed by atoms with Crippen LogP contribution < -0.4 is 10.4 Å². The Balaban J connectivity index is 2.03. The van der Waals surface area contributed by atoms with E-state index in [2.05, 4.69) is 5.32 Å². The van der Waals surface area contributed by atoms with Crippen molar-refractivity contribution in [1.82, 2.24) is 0 Å². The van der Waals surface area contributed by atoms with Crippen LogP contribution >= 0.6 is 0 Å². The minimum absolute atomic E-state index is 0.0416. The second kappa shape index (κ2) is 5.42. The summed E-state index contributed by atoms with van der Waals surface area (Å²) in [6.07, 6.45) is -3.94. The van der Waals surface area contributed by atoms with Gasteiger partial charge in [-0.15, -0.1) is 0 Å². The highest BCUT2D eigenvalue weighted by Crippen LogP contribution is 2.38. The van der Waals surface area contributed by atoms with E-state index in [1.165, 1.54) is 12.1 Å². The van der Waals surface area contributed by atoms with E-state index in [0.717, 1.165) is 18.3 Å². The van der Waals surface area contributed by atoms with Crippen molar-refractivity contribution in [3.8, 4) is 0 Å². The fourth-order valence-corrected chi connectivity index (χ4v) is 2.35. The number of benzene rings is 2. The quantitative estimate of drug-likeness (QED) is 0.505. The second-order valence-electron chi connectivity index (χ2n) is 4.87. The largest absolute Gasteiger partial charge is 0.418 e. The van der Waals surface area contributed by atoms with Crippen molar-refractivity contribution >= 4 is 22.9 Å². The number of rotatable bonds is 2. The van der Waals surface area contributed by atoms with Crippen LogP contribution in [0.15, 0.2) is 54.7 Å². The molecule has 0 spiro atoms. The maximum absolute atomic E-state index is 14.3. The highest BCUT2D eigenvalue weighted by atomic mass is 19.4. The lowest BCUT2D eigenvalue weighted by Crippen LogP contribution is -2.14. The number of nitrogens with zero attached hydrogens (tertiary/aromatic N) is 1. The van der Waals surface area contributed by atoms with E-state index >= 15 is 0 Å². The van der Waals surface area contributed by atoms with E-state index in [0.29, 0.717) is 11.3 Å². The van der Waals surface area contributed by atoms with Gasteiger partial charge in [0, 0.05) is 11.3 Å². The van der Waals surface area contributed by atoms with Crippen LogP contribution in [-0.2, 0) is 11.0 Å². The molecule has 1 aliphatic heterocycles. The van der Waals surface area contributed by atoms with Crippen molar-refractivity contribution in [1.29, 1.82) is 0 Å². The van der Waals surface area contributed by atoms with Gasteiger partial charge in [-0.05, 0) is 18.2 Å². The number of halogens is 4. The van der Waals surface area contributed by atoms with Crippen molar-refractivity contribution in [2.45, 2.75) is 6.18 Å². The average molecular weight is 322 g/mol. The summed E-state index contributed by atoms with van der Waals surface area (Å²) < 4.78 is 53.2. The molecule has 2 aromatic carbocycles. The van der Waals surface area contributed by atoms with Gasteiger partial charge < -0.3 is 5.32 Å². The van der Waals surface area contributed by atoms with Gasteiger partial charge >= 0.3 is 6.18 Å². The number of carbonyl (C=O) groups is 1. The van der Waals surface area contributed by atoms with Crippen molar-refractivity contribution in [2.24, 2.45) is 0 Å². The van der Waals surface area contributed by atoms with Crippen LogP contribution in [0.3, 0.4) is 0 Å². The Kier molecular flexibility index (Phi) is 3.55. The Labute approximate surface area is 128 Å². The number of hydrogen-bond acceptors (Lipinski definition) is 2. The Bertz CT molecular complexity index is 799. The molecule has 0 fully saturated rings. The summed E-state index contributed by atoms with van der Waals surface area (Å²) in [5, 5.41) is 2.35. The molecular formula is C16H10F4N2O. The molecular weight excluding hydrogens is 312 g/mol. The van der Waals surface area contributed by atoms with Crippen LogP contribution in [0.2, 0.25) is 0 Å². The smallest absolute Gasteiger partial charge is 0.321 e. The number of anilines is 2. The number of alkyl halides is 3. The lowest BCUT2D eigenvalue weighted by Gasteiger charge is -2.16. The predicted molar refractivity (Wildman–Crippen MR) is 78.1 cm³/mol. The van der Waals surface area contributed by atoms with Gasteiger partial charge in [0.2, 0.25) is 0 Å². The molecule has 0 bridgehead atoms. The normalized spacial score (nSPS) is 15.5. The van der Waals surface area contributed by atoms with E-state index in [1.807, 2.05) is 0 Å². The molecule has 23 heavy (non-hydrogen) atoms. The third-order valence-electron chi connectivity index (χ3n) is 3.39. The Hall–Kier alpha value is -2.83. The van der Waals surface area contributed by atoms with Crippen LogP contribution in [0.5, 0.6) is 0 Å². The molecule has 3 rings (SSSR count). The lowest BCUT2D eigenvalue weighted by molar-refractivity contribution is -0.137. The Morgan fingerprint density at radius 2 is 1.65 bits per heavy atom. The molecule has 0 aromatic heterocycles. The molecule has 0 unspecified atom stereocenters. The third-order valence-corrected chi connectivity index (χ3v) is 3.39. The first-order chi connectivity index (χ1) is 10.9. The summed E-state index contributed by atoms with van der Waals surface area (Å²) in [7, 11) is 0. The Morgan fingerprint density at radius 3 is 2.39 bits per heavy atom. The van der Waals surface area contributed by atoms with Gasteiger partial charge in [0.05, 0.1) is 23.0 Å². The molecule has 3 nitrogen and oxygen atoms in total. The number of amides is 1. The molecule has 0 saturated carbocycles. The van der Waals surface area contributed by atoms with Crippen molar-refractivity contribution in [3.05, 3.63) is 65.9 Å². The lowest BCUT2D eigenvalue weighted by atomic mass is 10.1. The first-order valence-corrected chi connectivity index (χ1v) is 6.62. The summed E-state index contributed by atoms with van der Waals surface area (Å²) in [6, 6.07) is 10.8. The molecule has 0 aliphatic carbocycles. The fourth-order valence-electron chi connectivity index (χ4n) is 2.35. The zero-order valence-corrected chi connectivity index (χ0v) is 11.6. The number of nitrogens with one attached hydrogen (secondary N) is 1. The van der Waals surface area contributed by atoms with E-state index in [4.69, 9.17) is 0 Å². The molecule has 1 heterocycles. The molecule has 1 N–H and O–H groups in total. The van der Waals surface area contributed by atoms with Gasteiger partial charge in [-0.2, -0.15) is 18.3 Å².